The Bertz CT molecular complexity index is 1110. The van der Waals surface area contributed by atoms with Gasteiger partial charge in [-0.3, -0.25) is 5.41 Å². The van der Waals surface area contributed by atoms with Crippen molar-refractivity contribution in [3.63, 3.8) is 0 Å². The number of carbonyl (C=O) groups excluding carboxylic acids is 1. The van der Waals surface area contributed by atoms with Crippen molar-refractivity contribution in [1.82, 2.24) is 0 Å². The summed E-state index contributed by atoms with van der Waals surface area (Å²) in [7, 11) is 1.31. The first-order valence-electron chi connectivity index (χ1n) is 9.86. The van der Waals surface area contributed by atoms with Gasteiger partial charge in [-0.25, -0.2) is 9.63 Å². The fraction of sp³-hybridized carbons (Fsp3) is 0.130. The molecule has 1 unspecified atom stereocenters. The van der Waals surface area contributed by atoms with Gasteiger partial charge in [0.05, 0.1) is 16.3 Å². The van der Waals surface area contributed by atoms with Crippen LogP contribution in [0.3, 0.4) is 0 Å². The number of para-hydroxylation sites is 2. The molecule has 0 aliphatic carbocycles. The van der Waals surface area contributed by atoms with Crippen LogP contribution in [0, 0.1) is 10.3 Å². The zero-order chi connectivity index (χ0) is 23.1. The predicted molar refractivity (Wildman–Crippen MR) is 125 cm³/mol. The van der Waals surface area contributed by atoms with Crippen molar-refractivity contribution in [2.24, 2.45) is 5.73 Å². The molecule has 0 bridgehead atoms. The van der Waals surface area contributed by atoms with E-state index in [4.69, 9.17) is 11.1 Å². The third-order valence-electron chi connectivity index (χ3n) is 4.77. The number of hydrogen-bond donors (Lipinski definition) is 5. The Kier molecular flexibility index (Phi) is 7.02. The number of rotatable bonds is 8. The van der Waals surface area contributed by atoms with Crippen molar-refractivity contribution >= 4 is 34.6 Å². The number of hydrogen-bond acceptors (Lipinski definition) is 5. The number of urea groups is 1. The molecule has 0 aliphatic heterocycles. The van der Waals surface area contributed by atoms with E-state index in [2.05, 4.69) is 20.8 Å². The number of nitrogens with two attached hydrogens (primary N) is 1. The first-order valence-corrected chi connectivity index (χ1v) is 9.86. The molecule has 0 aliphatic rings. The van der Waals surface area contributed by atoms with Gasteiger partial charge in [-0.05, 0) is 61.0 Å². The number of benzene rings is 3. The van der Waals surface area contributed by atoms with Crippen LogP contribution in [0.25, 0.3) is 0 Å². The number of anilines is 3. The number of carbonyl (C=O) groups is 1. The van der Waals surface area contributed by atoms with E-state index in [1.54, 1.807) is 42.5 Å². The number of nitrogens with one attached hydrogen (secondary N) is 4. The lowest BCUT2D eigenvalue weighted by Crippen LogP contribution is -2.20. The Morgan fingerprint density at radius 1 is 0.969 bits per heavy atom. The molecular formula is C23H25N6O3+. The summed E-state index contributed by atoms with van der Waals surface area (Å²) in [6.45, 7) is 1.98. The van der Waals surface area contributed by atoms with E-state index in [-0.39, 0.29) is 11.9 Å². The quantitative estimate of drug-likeness (QED) is 0.198. The van der Waals surface area contributed by atoms with Gasteiger partial charge in [-0.1, -0.05) is 12.1 Å². The molecule has 1 atom stereocenters. The molecule has 0 radical (unpaired) electrons. The van der Waals surface area contributed by atoms with Crippen LogP contribution >= 0.6 is 0 Å². The molecule has 3 rings (SSSR count). The summed E-state index contributed by atoms with van der Waals surface area (Å²) in [6.07, 6.45) is 0. The minimum atomic E-state index is -0.401. The molecule has 9 nitrogen and oxygen atoms in total. The van der Waals surface area contributed by atoms with Crippen LogP contribution in [0.1, 0.15) is 24.1 Å². The molecule has 0 saturated heterocycles. The van der Waals surface area contributed by atoms with E-state index in [1.807, 2.05) is 37.3 Å². The highest BCUT2D eigenvalue weighted by Crippen LogP contribution is 2.27. The van der Waals surface area contributed by atoms with Crippen LogP contribution in [0.4, 0.5) is 27.5 Å². The van der Waals surface area contributed by atoms with E-state index in [1.165, 1.54) is 7.11 Å². The van der Waals surface area contributed by atoms with E-state index in [0.29, 0.717) is 27.5 Å². The third kappa shape index (κ3) is 5.60. The molecular weight excluding hydrogens is 408 g/mol. The molecule has 0 heterocycles. The van der Waals surface area contributed by atoms with Gasteiger partial charge in [-0.15, -0.1) is 0 Å². The molecule has 0 spiro atoms. The maximum Gasteiger partial charge on any atom is 0.323 e. The Morgan fingerprint density at radius 2 is 1.59 bits per heavy atom. The van der Waals surface area contributed by atoms with E-state index in [0.717, 1.165) is 11.3 Å². The zero-order valence-corrected chi connectivity index (χ0v) is 17.8. The van der Waals surface area contributed by atoms with Crippen LogP contribution in [0.5, 0.6) is 0 Å². The van der Waals surface area contributed by atoms with Crippen molar-refractivity contribution in [3.05, 3.63) is 88.8 Å². The number of amidine groups is 1. The second-order valence-corrected chi connectivity index (χ2v) is 7.01. The van der Waals surface area contributed by atoms with Gasteiger partial charge in [0.25, 0.3) is 4.92 Å². The van der Waals surface area contributed by atoms with Crippen molar-refractivity contribution < 1.29 is 14.6 Å². The highest BCUT2D eigenvalue weighted by molar-refractivity contribution is 6.02. The van der Waals surface area contributed by atoms with Gasteiger partial charge in [0.1, 0.15) is 5.84 Å². The molecule has 3 aromatic rings. The van der Waals surface area contributed by atoms with Crippen LogP contribution in [-0.4, -0.2) is 23.9 Å². The first-order chi connectivity index (χ1) is 15.4. The summed E-state index contributed by atoms with van der Waals surface area (Å²) >= 11 is 0. The molecule has 164 valence electrons. The Labute approximate surface area is 185 Å². The van der Waals surface area contributed by atoms with Gasteiger partial charge in [-0.2, -0.15) is 0 Å². The fourth-order valence-corrected chi connectivity index (χ4v) is 3.04. The molecule has 3 aromatic carbocycles. The van der Waals surface area contributed by atoms with Crippen molar-refractivity contribution in [2.75, 3.05) is 23.1 Å². The SMILES string of the molecule is CO[N+](=O)c1ccc(C(C)Nc2ccccc2NC(=O)Nc2ccc(C(=N)N)cc2)cc1. The maximum atomic E-state index is 12.5. The lowest BCUT2D eigenvalue weighted by atomic mass is 10.1. The third-order valence-corrected chi connectivity index (χ3v) is 4.77. The summed E-state index contributed by atoms with van der Waals surface area (Å²) in [4.78, 5) is 29.1. The van der Waals surface area contributed by atoms with Crippen molar-refractivity contribution in [3.8, 4) is 0 Å². The summed E-state index contributed by atoms with van der Waals surface area (Å²) in [5, 5.41) is 16.4. The molecule has 2 amide bonds. The minimum absolute atomic E-state index is 0.0335. The smallest absolute Gasteiger partial charge is 0.323 e. The highest BCUT2D eigenvalue weighted by atomic mass is 16.8. The fourth-order valence-electron chi connectivity index (χ4n) is 3.04. The van der Waals surface area contributed by atoms with Crippen LogP contribution in [-0.2, 0) is 4.84 Å². The van der Waals surface area contributed by atoms with Crippen LogP contribution < -0.4 is 21.7 Å². The summed E-state index contributed by atoms with van der Waals surface area (Å²) in [5.74, 6) is -0.0335. The van der Waals surface area contributed by atoms with Gasteiger partial charge in [0.15, 0.2) is 7.11 Å². The van der Waals surface area contributed by atoms with E-state index in [9.17, 15) is 9.70 Å². The lowest BCUT2D eigenvalue weighted by molar-refractivity contribution is -0.736. The van der Waals surface area contributed by atoms with Gasteiger partial charge in [0, 0.05) is 29.4 Å². The number of nitrogens with zero attached hydrogens (tertiary/aromatic N) is 1. The Morgan fingerprint density at radius 3 is 2.19 bits per heavy atom. The molecule has 0 saturated carbocycles. The van der Waals surface area contributed by atoms with Gasteiger partial charge in [0.2, 0.25) is 0 Å². The second-order valence-electron chi connectivity index (χ2n) is 7.01. The van der Waals surface area contributed by atoms with Crippen LogP contribution in [0.2, 0.25) is 0 Å². The highest BCUT2D eigenvalue weighted by Gasteiger charge is 2.15. The zero-order valence-electron chi connectivity index (χ0n) is 17.8. The lowest BCUT2D eigenvalue weighted by Gasteiger charge is -2.19. The van der Waals surface area contributed by atoms with Gasteiger partial charge >= 0.3 is 11.7 Å². The standard InChI is InChI=1S/C23H24N6O3/c1-15(16-9-13-19(14-10-16)29(31)32-2)26-20-5-3-4-6-21(20)28-23(30)27-18-11-7-17(8-12-18)22(24)25/h3-15,26H,1-2H3,(H4-,24,25,27,28,30)/p+1. The molecule has 0 fully saturated rings. The largest absolute Gasteiger partial charge is 0.384 e. The summed E-state index contributed by atoms with van der Waals surface area (Å²) in [6, 6.07) is 20.6. The average molecular weight is 433 g/mol. The minimum Gasteiger partial charge on any atom is -0.384 e. The predicted octanol–water partition coefficient (Wildman–Crippen LogP) is 4.76. The number of nitrogen functional groups attached to an aromatic ring is 1. The van der Waals surface area contributed by atoms with Crippen molar-refractivity contribution in [1.29, 1.82) is 5.41 Å². The Hall–Kier alpha value is -4.40. The monoisotopic (exact) mass is 433 g/mol. The summed E-state index contributed by atoms with van der Waals surface area (Å²) in [5.41, 5.74) is 9.32. The molecule has 6 N–H and O–H groups in total. The molecule has 9 heteroatoms. The average Bonchev–Trinajstić information content (AvgIpc) is 2.80. The topological polar surface area (TPSA) is 132 Å². The van der Waals surface area contributed by atoms with Crippen molar-refractivity contribution in [2.45, 2.75) is 13.0 Å². The molecule has 0 aromatic heterocycles. The first kappa shape index (κ1) is 22.3. The van der Waals surface area contributed by atoms with Crippen LogP contribution in [0.15, 0.2) is 72.8 Å². The number of amides is 2. The maximum absolute atomic E-state index is 12.5. The summed E-state index contributed by atoms with van der Waals surface area (Å²) < 4.78 is 0. The molecule has 32 heavy (non-hydrogen) atoms. The van der Waals surface area contributed by atoms with Gasteiger partial charge < -0.3 is 21.7 Å². The van der Waals surface area contributed by atoms with E-state index >= 15 is 0 Å². The Balaban J connectivity index is 1.66. The second kappa shape index (κ2) is 10.1. The van der Waals surface area contributed by atoms with E-state index < -0.39 is 6.03 Å². The normalized spacial score (nSPS) is 11.2.